The second-order valence-corrected chi connectivity index (χ2v) is 8.85. The molecule has 0 saturated heterocycles. The Labute approximate surface area is 147 Å². The average Bonchev–Trinajstić information content (AvgIpc) is 2.45. The zero-order valence-corrected chi connectivity index (χ0v) is 15.2. The summed E-state index contributed by atoms with van der Waals surface area (Å²) >= 11 is 5.94. The molecule has 2 aromatic rings. The van der Waals surface area contributed by atoms with Gasteiger partial charge in [-0.05, 0) is 37.6 Å². The van der Waals surface area contributed by atoms with Gasteiger partial charge >= 0.3 is 0 Å². The lowest BCUT2D eigenvalue weighted by molar-refractivity contribution is 0.0702. The van der Waals surface area contributed by atoms with E-state index in [1.54, 1.807) is 24.3 Å². The second-order valence-electron chi connectivity index (χ2n) is 6.66. The van der Waals surface area contributed by atoms with Crippen molar-refractivity contribution in [2.45, 2.75) is 37.7 Å². The lowest BCUT2D eigenvalue weighted by Crippen LogP contribution is -2.41. The summed E-state index contributed by atoms with van der Waals surface area (Å²) in [5.41, 5.74) is 1.10. The van der Waals surface area contributed by atoms with E-state index < -0.39 is 15.6 Å². The van der Waals surface area contributed by atoms with E-state index in [0.29, 0.717) is 17.0 Å². The van der Waals surface area contributed by atoms with Gasteiger partial charge in [-0.2, -0.15) is 0 Å². The standard InChI is InChI=1S/C18H20ClNO3S/c1-18(2)11-16(15-8-3-4-9-17(15)23-18)20-24(21,22)12-13-6-5-7-14(19)10-13/h3-10,16,20H,11-12H2,1-2H3/t16-/m1/s1. The van der Waals surface area contributed by atoms with Crippen molar-refractivity contribution in [3.63, 3.8) is 0 Å². The van der Waals surface area contributed by atoms with Crippen LogP contribution in [0.1, 0.15) is 37.4 Å². The molecule has 24 heavy (non-hydrogen) atoms. The summed E-state index contributed by atoms with van der Waals surface area (Å²) in [5.74, 6) is 0.622. The molecule has 1 aliphatic heterocycles. The van der Waals surface area contributed by atoms with Crippen molar-refractivity contribution >= 4 is 21.6 Å². The summed E-state index contributed by atoms with van der Waals surface area (Å²) in [7, 11) is -3.51. The highest BCUT2D eigenvalue weighted by Gasteiger charge is 2.35. The largest absolute Gasteiger partial charge is 0.487 e. The summed E-state index contributed by atoms with van der Waals surface area (Å²) in [4.78, 5) is 0. The lowest BCUT2D eigenvalue weighted by Gasteiger charge is -2.37. The van der Waals surface area contributed by atoms with E-state index >= 15 is 0 Å². The van der Waals surface area contributed by atoms with E-state index in [-0.39, 0.29) is 11.8 Å². The van der Waals surface area contributed by atoms with Gasteiger partial charge in [-0.3, -0.25) is 0 Å². The summed E-state index contributed by atoms with van der Waals surface area (Å²) in [5, 5.41) is 0.528. The summed E-state index contributed by atoms with van der Waals surface area (Å²) in [6, 6.07) is 14.1. The van der Waals surface area contributed by atoms with Crippen molar-refractivity contribution < 1.29 is 13.2 Å². The maximum Gasteiger partial charge on any atom is 0.216 e. The smallest absolute Gasteiger partial charge is 0.216 e. The van der Waals surface area contributed by atoms with Gasteiger partial charge in [0.05, 0.1) is 11.8 Å². The summed E-state index contributed by atoms with van der Waals surface area (Å²) < 4.78 is 34.0. The summed E-state index contributed by atoms with van der Waals surface area (Å²) in [6.07, 6.45) is 0.568. The molecule has 1 heterocycles. The molecule has 2 aromatic carbocycles. The minimum Gasteiger partial charge on any atom is -0.487 e. The van der Waals surface area contributed by atoms with Crippen LogP contribution in [0.25, 0.3) is 0 Å². The number of para-hydroxylation sites is 1. The molecule has 0 bridgehead atoms. The Hall–Kier alpha value is -1.56. The SMILES string of the molecule is CC1(C)C[C@@H](NS(=O)(=O)Cc2cccc(Cl)c2)c2ccccc2O1. The Balaban J connectivity index is 1.84. The fraction of sp³-hybridized carbons (Fsp3) is 0.333. The minimum atomic E-state index is -3.51. The second kappa shape index (κ2) is 6.39. The van der Waals surface area contributed by atoms with E-state index in [1.807, 2.05) is 38.1 Å². The van der Waals surface area contributed by atoms with Crippen LogP contribution in [0.2, 0.25) is 5.02 Å². The number of benzene rings is 2. The van der Waals surface area contributed by atoms with Gasteiger partial charge in [0, 0.05) is 17.0 Å². The number of halogens is 1. The van der Waals surface area contributed by atoms with Crippen LogP contribution in [0.5, 0.6) is 5.75 Å². The van der Waals surface area contributed by atoms with Crippen LogP contribution >= 0.6 is 11.6 Å². The third-order valence-electron chi connectivity index (χ3n) is 3.94. The molecular weight excluding hydrogens is 346 g/mol. The molecule has 3 rings (SSSR count). The molecule has 0 fully saturated rings. The Morgan fingerprint density at radius 1 is 1.21 bits per heavy atom. The van der Waals surface area contributed by atoms with Crippen LogP contribution in [0.15, 0.2) is 48.5 Å². The molecule has 6 heteroatoms. The Bertz CT molecular complexity index is 849. The first-order chi connectivity index (χ1) is 11.2. The Morgan fingerprint density at radius 2 is 1.96 bits per heavy atom. The van der Waals surface area contributed by atoms with Gasteiger partial charge in [-0.1, -0.05) is 41.9 Å². The summed E-state index contributed by atoms with van der Waals surface area (Å²) in [6.45, 7) is 3.92. The van der Waals surface area contributed by atoms with Gasteiger partial charge in [-0.15, -0.1) is 0 Å². The molecule has 0 spiro atoms. The van der Waals surface area contributed by atoms with Crippen LogP contribution in [0.4, 0.5) is 0 Å². The first kappa shape index (κ1) is 17.3. The molecule has 0 aromatic heterocycles. The molecule has 1 aliphatic rings. The van der Waals surface area contributed by atoms with Crippen molar-refractivity contribution in [2.75, 3.05) is 0 Å². The van der Waals surface area contributed by atoms with Crippen LogP contribution < -0.4 is 9.46 Å². The quantitative estimate of drug-likeness (QED) is 0.888. The molecule has 1 atom stereocenters. The predicted octanol–water partition coefficient (Wildman–Crippen LogP) is 4.06. The highest BCUT2D eigenvalue weighted by atomic mass is 35.5. The molecule has 0 unspecified atom stereocenters. The fourth-order valence-corrected chi connectivity index (χ4v) is 4.57. The van der Waals surface area contributed by atoms with Crippen LogP contribution in [0.3, 0.4) is 0 Å². The van der Waals surface area contributed by atoms with Crippen molar-refractivity contribution in [1.82, 2.24) is 4.72 Å². The van der Waals surface area contributed by atoms with Crippen LogP contribution in [-0.4, -0.2) is 14.0 Å². The zero-order valence-electron chi connectivity index (χ0n) is 13.6. The van der Waals surface area contributed by atoms with Crippen LogP contribution in [0, 0.1) is 0 Å². The number of sulfonamides is 1. The van der Waals surface area contributed by atoms with Gasteiger partial charge in [0.2, 0.25) is 10.0 Å². The van der Waals surface area contributed by atoms with Crippen molar-refractivity contribution in [2.24, 2.45) is 0 Å². The van der Waals surface area contributed by atoms with E-state index in [4.69, 9.17) is 16.3 Å². The van der Waals surface area contributed by atoms with E-state index in [1.165, 1.54) is 0 Å². The van der Waals surface area contributed by atoms with Crippen molar-refractivity contribution in [1.29, 1.82) is 0 Å². The third kappa shape index (κ3) is 4.09. The van der Waals surface area contributed by atoms with E-state index in [0.717, 1.165) is 11.3 Å². The molecule has 1 N–H and O–H groups in total. The number of ether oxygens (including phenoxy) is 1. The monoisotopic (exact) mass is 365 g/mol. The number of hydrogen-bond donors (Lipinski definition) is 1. The average molecular weight is 366 g/mol. The number of hydrogen-bond acceptors (Lipinski definition) is 3. The van der Waals surface area contributed by atoms with E-state index in [2.05, 4.69) is 4.72 Å². The maximum absolute atomic E-state index is 12.6. The van der Waals surface area contributed by atoms with Gasteiger partial charge in [0.25, 0.3) is 0 Å². The van der Waals surface area contributed by atoms with Gasteiger partial charge < -0.3 is 4.74 Å². The number of rotatable bonds is 4. The molecule has 128 valence electrons. The fourth-order valence-electron chi connectivity index (χ4n) is 3.01. The highest BCUT2D eigenvalue weighted by molar-refractivity contribution is 7.88. The topological polar surface area (TPSA) is 55.4 Å². The number of nitrogens with one attached hydrogen (secondary N) is 1. The molecule has 0 radical (unpaired) electrons. The molecule has 0 amide bonds. The maximum atomic E-state index is 12.6. The Kier molecular flexibility index (Phi) is 4.60. The minimum absolute atomic E-state index is 0.104. The van der Waals surface area contributed by atoms with Gasteiger partial charge in [0.15, 0.2) is 0 Å². The lowest BCUT2D eigenvalue weighted by atomic mass is 9.90. The Morgan fingerprint density at radius 3 is 2.71 bits per heavy atom. The molecular formula is C18H20ClNO3S. The van der Waals surface area contributed by atoms with Gasteiger partial charge in [-0.25, -0.2) is 13.1 Å². The number of fused-ring (bicyclic) bond motifs is 1. The normalized spacial score (nSPS) is 19.4. The highest BCUT2D eigenvalue weighted by Crippen LogP contribution is 2.39. The first-order valence-electron chi connectivity index (χ1n) is 7.76. The predicted molar refractivity (Wildman–Crippen MR) is 95.7 cm³/mol. The van der Waals surface area contributed by atoms with Crippen molar-refractivity contribution in [3.05, 3.63) is 64.7 Å². The van der Waals surface area contributed by atoms with Gasteiger partial charge in [0.1, 0.15) is 11.4 Å². The van der Waals surface area contributed by atoms with Crippen molar-refractivity contribution in [3.8, 4) is 5.75 Å². The molecule has 0 aliphatic carbocycles. The van der Waals surface area contributed by atoms with Crippen LogP contribution in [-0.2, 0) is 15.8 Å². The molecule has 0 saturated carbocycles. The third-order valence-corrected chi connectivity index (χ3v) is 5.54. The zero-order chi connectivity index (χ0) is 17.4. The van der Waals surface area contributed by atoms with E-state index in [9.17, 15) is 8.42 Å². The molecule has 4 nitrogen and oxygen atoms in total. The first-order valence-corrected chi connectivity index (χ1v) is 9.80.